The quantitative estimate of drug-likeness (QED) is 0.920. The van der Waals surface area contributed by atoms with Crippen LogP contribution in [0, 0.1) is 0 Å². The molecule has 2 unspecified atom stereocenters. The third-order valence-electron chi connectivity index (χ3n) is 4.26. The summed E-state index contributed by atoms with van der Waals surface area (Å²) in [6.45, 7) is 4.45. The van der Waals surface area contributed by atoms with Crippen LogP contribution in [0.3, 0.4) is 0 Å². The average Bonchev–Trinajstić information content (AvgIpc) is 3.14. The molecule has 22 heavy (non-hydrogen) atoms. The molecule has 5 nitrogen and oxygen atoms in total. The molecule has 0 bridgehead atoms. The summed E-state index contributed by atoms with van der Waals surface area (Å²) in [5.41, 5.74) is 2.38. The van der Waals surface area contributed by atoms with E-state index in [0.717, 1.165) is 25.3 Å². The van der Waals surface area contributed by atoms with Crippen LogP contribution in [0.4, 0.5) is 0 Å². The van der Waals surface area contributed by atoms with E-state index in [2.05, 4.69) is 35.3 Å². The van der Waals surface area contributed by atoms with Crippen molar-refractivity contribution < 1.29 is 9.84 Å². The Morgan fingerprint density at radius 3 is 3.00 bits per heavy atom. The highest BCUT2D eigenvalue weighted by molar-refractivity contribution is 5.31. The molecular weight excluding hydrogens is 278 g/mol. The minimum atomic E-state index is -0.280. The second-order valence-electron chi connectivity index (χ2n) is 5.82. The molecule has 1 N–H and O–H groups in total. The molecule has 0 spiro atoms. The Labute approximate surface area is 131 Å². The van der Waals surface area contributed by atoms with Gasteiger partial charge in [0.15, 0.2) is 0 Å². The topological polar surface area (TPSA) is 50.5 Å². The number of rotatable bonds is 5. The number of β-amino-alcohol motifs (C(OH)–C–C–N with tert-alkyl or cyclic N) is 1. The molecule has 1 aliphatic rings. The summed E-state index contributed by atoms with van der Waals surface area (Å²) in [6.07, 6.45) is 4.47. The van der Waals surface area contributed by atoms with Gasteiger partial charge in [-0.2, -0.15) is 5.10 Å². The first-order valence-electron chi connectivity index (χ1n) is 7.77. The number of ether oxygens (including phenoxy) is 1. The lowest BCUT2D eigenvalue weighted by atomic mass is 10.0. The van der Waals surface area contributed by atoms with E-state index in [1.165, 1.54) is 11.1 Å². The van der Waals surface area contributed by atoms with E-state index in [1.807, 2.05) is 23.0 Å². The van der Waals surface area contributed by atoms with E-state index >= 15 is 0 Å². The van der Waals surface area contributed by atoms with Gasteiger partial charge in [0.2, 0.25) is 0 Å². The zero-order chi connectivity index (χ0) is 15.5. The Bertz CT molecular complexity index is 626. The van der Waals surface area contributed by atoms with Crippen LogP contribution in [0.5, 0.6) is 5.75 Å². The van der Waals surface area contributed by atoms with Gasteiger partial charge in [-0.1, -0.05) is 12.1 Å². The van der Waals surface area contributed by atoms with Crippen molar-refractivity contribution in [2.75, 3.05) is 13.7 Å². The summed E-state index contributed by atoms with van der Waals surface area (Å²) in [5.74, 6) is 0.859. The number of benzene rings is 1. The van der Waals surface area contributed by atoms with Gasteiger partial charge in [-0.3, -0.25) is 9.58 Å². The van der Waals surface area contributed by atoms with E-state index in [0.29, 0.717) is 6.54 Å². The number of hydrogen-bond donors (Lipinski definition) is 1. The van der Waals surface area contributed by atoms with E-state index in [4.69, 9.17) is 4.74 Å². The average molecular weight is 301 g/mol. The second-order valence-corrected chi connectivity index (χ2v) is 5.82. The lowest BCUT2D eigenvalue weighted by Gasteiger charge is -2.24. The summed E-state index contributed by atoms with van der Waals surface area (Å²) in [7, 11) is 1.68. The largest absolute Gasteiger partial charge is 0.497 e. The SMILES string of the molecule is CCn1cc(CN2CC(O)CC2c2cccc(OC)c2)cn1. The monoisotopic (exact) mass is 301 g/mol. The molecular formula is C17H23N3O2. The lowest BCUT2D eigenvalue weighted by Crippen LogP contribution is -2.24. The Morgan fingerprint density at radius 2 is 2.27 bits per heavy atom. The molecule has 5 heteroatoms. The van der Waals surface area contributed by atoms with Crippen molar-refractivity contribution in [2.24, 2.45) is 0 Å². The molecule has 1 aromatic heterocycles. The summed E-state index contributed by atoms with van der Waals surface area (Å²) in [4.78, 5) is 2.32. The number of aliphatic hydroxyl groups excluding tert-OH is 1. The number of aromatic nitrogens is 2. The first-order chi connectivity index (χ1) is 10.7. The predicted octanol–water partition coefficient (Wildman–Crippen LogP) is 2.22. The lowest BCUT2D eigenvalue weighted by molar-refractivity contribution is 0.172. The molecule has 0 radical (unpaired) electrons. The Hall–Kier alpha value is -1.85. The van der Waals surface area contributed by atoms with Crippen LogP contribution in [0.1, 0.15) is 30.5 Å². The molecule has 2 atom stereocenters. The van der Waals surface area contributed by atoms with E-state index in [1.54, 1.807) is 7.11 Å². The smallest absolute Gasteiger partial charge is 0.119 e. The van der Waals surface area contributed by atoms with E-state index in [9.17, 15) is 5.11 Å². The van der Waals surface area contributed by atoms with Gasteiger partial charge in [0, 0.05) is 37.4 Å². The first-order valence-corrected chi connectivity index (χ1v) is 7.77. The van der Waals surface area contributed by atoms with Crippen molar-refractivity contribution in [3.8, 4) is 5.75 Å². The molecule has 1 aromatic carbocycles. The molecule has 2 heterocycles. The van der Waals surface area contributed by atoms with Crippen molar-refractivity contribution in [3.63, 3.8) is 0 Å². The maximum atomic E-state index is 10.1. The zero-order valence-electron chi connectivity index (χ0n) is 13.1. The zero-order valence-corrected chi connectivity index (χ0v) is 13.1. The second kappa shape index (κ2) is 6.50. The number of aliphatic hydroxyl groups is 1. The van der Waals surface area contributed by atoms with Gasteiger partial charge < -0.3 is 9.84 Å². The van der Waals surface area contributed by atoms with Crippen LogP contribution in [0.25, 0.3) is 0 Å². The minimum absolute atomic E-state index is 0.218. The molecule has 1 fully saturated rings. The summed E-state index contributed by atoms with van der Waals surface area (Å²) < 4.78 is 7.25. The predicted molar refractivity (Wildman–Crippen MR) is 84.7 cm³/mol. The maximum Gasteiger partial charge on any atom is 0.119 e. The maximum absolute atomic E-state index is 10.1. The van der Waals surface area contributed by atoms with Crippen LogP contribution >= 0.6 is 0 Å². The number of nitrogens with zero attached hydrogens (tertiary/aromatic N) is 3. The van der Waals surface area contributed by atoms with E-state index in [-0.39, 0.29) is 12.1 Å². The van der Waals surface area contributed by atoms with Gasteiger partial charge in [0.05, 0.1) is 19.4 Å². The van der Waals surface area contributed by atoms with Crippen LogP contribution in [0.2, 0.25) is 0 Å². The summed E-state index contributed by atoms with van der Waals surface area (Å²) in [5, 5.41) is 14.4. The summed E-state index contributed by atoms with van der Waals surface area (Å²) in [6, 6.07) is 8.34. The minimum Gasteiger partial charge on any atom is -0.497 e. The molecule has 2 aromatic rings. The number of hydrogen-bond acceptors (Lipinski definition) is 4. The molecule has 1 saturated heterocycles. The first kappa shape index (κ1) is 15.1. The van der Waals surface area contributed by atoms with Gasteiger partial charge >= 0.3 is 0 Å². The fourth-order valence-corrected chi connectivity index (χ4v) is 3.15. The molecule has 1 aliphatic heterocycles. The fourth-order valence-electron chi connectivity index (χ4n) is 3.15. The summed E-state index contributed by atoms with van der Waals surface area (Å²) >= 11 is 0. The highest BCUT2D eigenvalue weighted by atomic mass is 16.5. The standard InChI is InChI=1S/C17H23N3O2/c1-3-20-11-13(9-18-20)10-19-12-15(21)8-17(19)14-5-4-6-16(7-14)22-2/h4-7,9,11,15,17,21H,3,8,10,12H2,1-2H3. The normalized spacial score (nSPS) is 22.1. The molecule has 3 rings (SSSR count). The Kier molecular flexibility index (Phi) is 4.45. The molecule has 0 aliphatic carbocycles. The van der Waals surface area contributed by atoms with Crippen LogP contribution in [0.15, 0.2) is 36.7 Å². The van der Waals surface area contributed by atoms with Crippen molar-refractivity contribution in [2.45, 2.75) is 38.6 Å². The highest BCUT2D eigenvalue weighted by Crippen LogP contribution is 2.34. The third kappa shape index (κ3) is 3.15. The van der Waals surface area contributed by atoms with Crippen molar-refractivity contribution in [3.05, 3.63) is 47.8 Å². The Morgan fingerprint density at radius 1 is 1.41 bits per heavy atom. The number of methoxy groups -OCH3 is 1. The van der Waals surface area contributed by atoms with Gasteiger partial charge in [0.1, 0.15) is 5.75 Å². The van der Waals surface area contributed by atoms with Gasteiger partial charge in [-0.25, -0.2) is 0 Å². The van der Waals surface area contributed by atoms with Gasteiger partial charge in [0.25, 0.3) is 0 Å². The third-order valence-corrected chi connectivity index (χ3v) is 4.26. The molecule has 0 amide bonds. The van der Waals surface area contributed by atoms with Crippen LogP contribution in [-0.2, 0) is 13.1 Å². The van der Waals surface area contributed by atoms with Gasteiger partial charge in [-0.15, -0.1) is 0 Å². The van der Waals surface area contributed by atoms with Crippen LogP contribution in [-0.4, -0.2) is 39.5 Å². The van der Waals surface area contributed by atoms with Crippen LogP contribution < -0.4 is 4.74 Å². The molecule has 0 saturated carbocycles. The number of likely N-dealkylation sites (tertiary alicyclic amines) is 1. The van der Waals surface area contributed by atoms with Crippen molar-refractivity contribution in [1.82, 2.24) is 14.7 Å². The molecule has 118 valence electrons. The van der Waals surface area contributed by atoms with E-state index < -0.39 is 0 Å². The van der Waals surface area contributed by atoms with Gasteiger partial charge in [-0.05, 0) is 31.0 Å². The number of aryl methyl sites for hydroxylation is 1. The van der Waals surface area contributed by atoms with Crippen molar-refractivity contribution >= 4 is 0 Å². The highest BCUT2D eigenvalue weighted by Gasteiger charge is 2.32. The Balaban J connectivity index is 1.79. The van der Waals surface area contributed by atoms with Crippen molar-refractivity contribution in [1.29, 1.82) is 0 Å². The fraction of sp³-hybridized carbons (Fsp3) is 0.471.